The van der Waals surface area contributed by atoms with Gasteiger partial charge in [-0.2, -0.15) is 5.10 Å². The molecule has 0 bridgehead atoms. The van der Waals surface area contributed by atoms with Crippen LogP contribution in [0.3, 0.4) is 0 Å². The maximum atomic E-state index is 12.6. The third-order valence-electron chi connectivity index (χ3n) is 5.77. The van der Waals surface area contributed by atoms with Crippen molar-refractivity contribution in [3.63, 3.8) is 0 Å². The van der Waals surface area contributed by atoms with E-state index in [0.717, 1.165) is 67.3 Å². The summed E-state index contributed by atoms with van der Waals surface area (Å²) in [5.74, 6) is 3.28. The number of rotatable bonds is 7. The molecule has 0 saturated carbocycles. The number of carbonyl (C=O) groups is 1. The van der Waals surface area contributed by atoms with Crippen LogP contribution in [0.15, 0.2) is 54.6 Å². The Bertz CT molecular complexity index is 962. The third-order valence-corrected chi connectivity index (χ3v) is 5.77. The fourth-order valence-corrected chi connectivity index (χ4v) is 4.00. The second-order valence-electron chi connectivity index (χ2n) is 7.85. The van der Waals surface area contributed by atoms with Crippen molar-refractivity contribution in [1.29, 1.82) is 0 Å². The molecule has 1 saturated heterocycles. The number of nitrogens with zero attached hydrogens (tertiary/aromatic N) is 3. The summed E-state index contributed by atoms with van der Waals surface area (Å²) in [6.45, 7) is 1.64. The zero-order valence-corrected chi connectivity index (χ0v) is 17.4. The molecule has 0 spiro atoms. The largest absolute Gasteiger partial charge is 0.497 e. The zero-order valence-electron chi connectivity index (χ0n) is 17.4. The molecule has 6 heteroatoms. The topological polar surface area (TPSA) is 71.1 Å². The maximum Gasteiger partial charge on any atom is 0.222 e. The fourth-order valence-electron chi connectivity index (χ4n) is 4.00. The number of benzene rings is 2. The normalized spacial score (nSPS) is 14.6. The first-order valence-electron chi connectivity index (χ1n) is 10.6. The number of aromatic nitrogens is 3. The Kier molecular flexibility index (Phi) is 6.42. The quantitative estimate of drug-likeness (QED) is 0.648. The lowest BCUT2D eigenvalue weighted by atomic mass is 9.93. The Balaban J connectivity index is 1.24. The van der Waals surface area contributed by atoms with Crippen LogP contribution in [0.25, 0.3) is 11.4 Å². The standard InChI is InChI=1S/C24H28N4O2/c1-30-21-9-5-6-18(16-21)10-11-23(29)28-14-12-19(13-15-28)17-22-25-24(27-26-22)20-7-3-2-4-8-20/h2-9,16,19H,10-15,17H2,1H3,(H,25,26,27). The molecule has 1 N–H and O–H groups in total. The number of ether oxygens (including phenoxy) is 1. The van der Waals surface area contributed by atoms with Gasteiger partial charge in [0.1, 0.15) is 11.6 Å². The molecule has 2 aromatic carbocycles. The van der Waals surface area contributed by atoms with Crippen molar-refractivity contribution in [2.75, 3.05) is 20.2 Å². The van der Waals surface area contributed by atoms with E-state index in [2.05, 4.69) is 15.2 Å². The molecule has 30 heavy (non-hydrogen) atoms. The molecule has 156 valence electrons. The lowest BCUT2D eigenvalue weighted by molar-refractivity contribution is -0.132. The summed E-state index contributed by atoms with van der Waals surface area (Å²) in [6, 6.07) is 17.9. The number of hydrogen-bond donors (Lipinski definition) is 1. The number of methoxy groups -OCH3 is 1. The third kappa shape index (κ3) is 5.06. The Morgan fingerprint density at radius 2 is 1.93 bits per heavy atom. The molecular formula is C24H28N4O2. The van der Waals surface area contributed by atoms with Crippen LogP contribution < -0.4 is 4.74 Å². The molecule has 1 amide bonds. The van der Waals surface area contributed by atoms with Crippen molar-refractivity contribution in [2.45, 2.75) is 32.1 Å². The summed E-state index contributed by atoms with van der Waals surface area (Å²) in [7, 11) is 1.66. The van der Waals surface area contributed by atoms with Gasteiger partial charge in [0.15, 0.2) is 5.82 Å². The Morgan fingerprint density at radius 1 is 1.13 bits per heavy atom. The molecule has 2 heterocycles. The Morgan fingerprint density at radius 3 is 2.70 bits per heavy atom. The van der Waals surface area contributed by atoms with Crippen LogP contribution in [-0.2, 0) is 17.6 Å². The number of H-pyrrole nitrogens is 1. The fraction of sp³-hybridized carbons (Fsp3) is 0.375. The summed E-state index contributed by atoms with van der Waals surface area (Å²) < 4.78 is 5.26. The van der Waals surface area contributed by atoms with Gasteiger partial charge >= 0.3 is 0 Å². The number of aryl methyl sites for hydroxylation is 1. The average Bonchev–Trinajstić information content (AvgIpc) is 3.27. The van der Waals surface area contributed by atoms with E-state index in [4.69, 9.17) is 4.74 Å². The van der Waals surface area contributed by atoms with Gasteiger partial charge in [0.2, 0.25) is 5.91 Å². The van der Waals surface area contributed by atoms with Gasteiger partial charge in [0.25, 0.3) is 0 Å². The van der Waals surface area contributed by atoms with Gasteiger partial charge in [-0.3, -0.25) is 9.89 Å². The van der Waals surface area contributed by atoms with Crippen LogP contribution in [0.1, 0.15) is 30.7 Å². The summed E-state index contributed by atoms with van der Waals surface area (Å²) in [5.41, 5.74) is 2.16. The second kappa shape index (κ2) is 9.57. The van der Waals surface area contributed by atoms with Gasteiger partial charge in [-0.1, -0.05) is 42.5 Å². The zero-order chi connectivity index (χ0) is 20.8. The lowest BCUT2D eigenvalue weighted by Crippen LogP contribution is -2.39. The van der Waals surface area contributed by atoms with Crippen molar-refractivity contribution >= 4 is 5.91 Å². The minimum absolute atomic E-state index is 0.238. The first kappa shape index (κ1) is 20.1. The van der Waals surface area contributed by atoms with Gasteiger partial charge in [0.05, 0.1) is 7.11 Å². The van der Waals surface area contributed by atoms with Crippen LogP contribution in [-0.4, -0.2) is 46.2 Å². The Hall–Kier alpha value is -3.15. The van der Waals surface area contributed by atoms with Crippen LogP contribution >= 0.6 is 0 Å². The van der Waals surface area contributed by atoms with Crippen LogP contribution in [0.5, 0.6) is 5.75 Å². The highest BCUT2D eigenvalue weighted by Gasteiger charge is 2.23. The second-order valence-corrected chi connectivity index (χ2v) is 7.85. The van der Waals surface area contributed by atoms with E-state index in [1.807, 2.05) is 59.5 Å². The van der Waals surface area contributed by atoms with E-state index >= 15 is 0 Å². The SMILES string of the molecule is COc1cccc(CCC(=O)N2CCC(Cc3nc(-c4ccccc4)n[nH]3)CC2)c1. The predicted octanol–water partition coefficient (Wildman–Crippen LogP) is 3.89. The maximum absolute atomic E-state index is 12.6. The van der Waals surface area contributed by atoms with Crippen LogP contribution in [0, 0.1) is 5.92 Å². The molecule has 6 nitrogen and oxygen atoms in total. The summed E-state index contributed by atoms with van der Waals surface area (Å²) in [5, 5.41) is 7.43. The number of hydrogen-bond acceptors (Lipinski definition) is 4. The predicted molar refractivity (Wildman–Crippen MR) is 116 cm³/mol. The summed E-state index contributed by atoms with van der Waals surface area (Å²) >= 11 is 0. The smallest absolute Gasteiger partial charge is 0.222 e. The molecule has 0 atom stereocenters. The van der Waals surface area contributed by atoms with Gasteiger partial charge < -0.3 is 9.64 Å². The van der Waals surface area contributed by atoms with Crippen molar-refractivity contribution in [3.05, 3.63) is 66.0 Å². The van der Waals surface area contributed by atoms with Crippen molar-refractivity contribution in [1.82, 2.24) is 20.1 Å². The number of nitrogens with one attached hydrogen (secondary N) is 1. The summed E-state index contributed by atoms with van der Waals surface area (Å²) in [4.78, 5) is 19.3. The van der Waals surface area contributed by atoms with E-state index < -0.39 is 0 Å². The molecular weight excluding hydrogens is 376 g/mol. The lowest BCUT2D eigenvalue weighted by Gasteiger charge is -2.31. The number of likely N-dealkylation sites (tertiary alicyclic amines) is 1. The number of amides is 1. The molecule has 0 radical (unpaired) electrons. The van der Waals surface area contributed by atoms with E-state index in [1.54, 1.807) is 7.11 Å². The number of carbonyl (C=O) groups excluding carboxylic acids is 1. The minimum atomic E-state index is 0.238. The highest BCUT2D eigenvalue weighted by Crippen LogP contribution is 2.23. The van der Waals surface area contributed by atoms with E-state index in [0.29, 0.717) is 12.3 Å². The Labute approximate surface area is 177 Å². The van der Waals surface area contributed by atoms with E-state index in [1.165, 1.54) is 0 Å². The van der Waals surface area contributed by atoms with Gasteiger partial charge in [-0.25, -0.2) is 4.98 Å². The molecule has 1 aromatic heterocycles. The van der Waals surface area contributed by atoms with E-state index in [-0.39, 0.29) is 5.91 Å². The molecule has 1 fully saturated rings. The molecule has 1 aliphatic heterocycles. The van der Waals surface area contributed by atoms with E-state index in [9.17, 15) is 4.79 Å². The minimum Gasteiger partial charge on any atom is -0.497 e. The van der Waals surface area contributed by atoms with Gasteiger partial charge in [-0.05, 0) is 42.9 Å². The molecule has 4 rings (SSSR count). The monoisotopic (exact) mass is 404 g/mol. The molecule has 0 unspecified atom stereocenters. The average molecular weight is 405 g/mol. The van der Waals surface area contributed by atoms with Crippen molar-refractivity contribution < 1.29 is 9.53 Å². The van der Waals surface area contributed by atoms with Crippen LogP contribution in [0.4, 0.5) is 0 Å². The summed E-state index contributed by atoms with van der Waals surface area (Å²) in [6.07, 6.45) is 4.18. The first-order valence-corrected chi connectivity index (χ1v) is 10.6. The van der Waals surface area contributed by atoms with Gasteiger partial charge in [0, 0.05) is 31.5 Å². The number of piperidine rings is 1. The highest BCUT2D eigenvalue weighted by atomic mass is 16.5. The molecule has 3 aromatic rings. The van der Waals surface area contributed by atoms with Crippen molar-refractivity contribution in [3.8, 4) is 17.1 Å². The van der Waals surface area contributed by atoms with Crippen molar-refractivity contribution in [2.24, 2.45) is 5.92 Å². The van der Waals surface area contributed by atoms with Crippen LogP contribution in [0.2, 0.25) is 0 Å². The number of aromatic amines is 1. The van der Waals surface area contributed by atoms with Gasteiger partial charge in [-0.15, -0.1) is 0 Å². The molecule has 0 aliphatic carbocycles. The first-order chi connectivity index (χ1) is 14.7. The highest BCUT2D eigenvalue weighted by molar-refractivity contribution is 5.76. The molecule has 1 aliphatic rings.